The maximum atomic E-state index is 12.1. The van der Waals surface area contributed by atoms with Crippen LogP contribution in [0.1, 0.15) is 35.3 Å². The minimum absolute atomic E-state index is 0.210. The number of aryl methyl sites for hydroxylation is 2. The first-order chi connectivity index (χ1) is 7.95. The average molecular weight is 252 g/mol. The van der Waals surface area contributed by atoms with Crippen LogP contribution in [0.3, 0.4) is 0 Å². The second-order valence-electron chi connectivity index (χ2n) is 4.42. The summed E-state index contributed by atoms with van der Waals surface area (Å²) in [6.07, 6.45) is 0. The summed E-state index contributed by atoms with van der Waals surface area (Å²) in [7, 11) is 1.64. The number of carbonyl (C=O) groups is 1. The van der Waals surface area contributed by atoms with Gasteiger partial charge in [0.2, 0.25) is 0 Å². The number of hydrogen-bond donors (Lipinski definition) is 0. The molecule has 0 radical (unpaired) electrons. The fourth-order valence-corrected chi connectivity index (χ4v) is 2.43. The molecular weight excluding hydrogens is 232 g/mol. The van der Waals surface area contributed by atoms with Crippen LogP contribution < -0.4 is 4.74 Å². The van der Waals surface area contributed by atoms with Gasteiger partial charge in [0, 0.05) is 5.56 Å². The van der Waals surface area contributed by atoms with E-state index in [1.54, 1.807) is 18.9 Å². The van der Waals surface area contributed by atoms with Crippen molar-refractivity contribution in [2.45, 2.75) is 32.9 Å². The van der Waals surface area contributed by atoms with Crippen LogP contribution in [0.5, 0.6) is 5.75 Å². The molecule has 0 bridgehead atoms. The van der Waals surface area contributed by atoms with Crippen molar-refractivity contribution in [3.05, 3.63) is 28.8 Å². The van der Waals surface area contributed by atoms with Crippen molar-refractivity contribution >= 4 is 17.5 Å². The molecule has 0 aliphatic carbocycles. The first-order valence-electron chi connectivity index (χ1n) is 5.75. The van der Waals surface area contributed by atoms with E-state index in [0.717, 1.165) is 22.4 Å². The fourth-order valence-electron chi connectivity index (χ4n) is 1.80. The number of thioether (sulfide) groups is 1. The maximum absolute atomic E-state index is 12.1. The van der Waals surface area contributed by atoms with Crippen LogP contribution in [0.2, 0.25) is 0 Å². The van der Waals surface area contributed by atoms with Crippen LogP contribution in [-0.2, 0) is 0 Å². The molecule has 0 amide bonds. The molecule has 0 N–H and O–H groups in total. The number of hydrogen-bond acceptors (Lipinski definition) is 3. The molecule has 0 aromatic heterocycles. The molecule has 0 aliphatic rings. The van der Waals surface area contributed by atoms with Crippen molar-refractivity contribution in [2.75, 3.05) is 12.9 Å². The molecule has 0 fully saturated rings. The summed E-state index contributed by atoms with van der Waals surface area (Å²) in [5.41, 5.74) is 2.84. The predicted molar refractivity (Wildman–Crippen MR) is 74.4 cm³/mol. The van der Waals surface area contributed by atoms with E-state index >= 15 is 0 Å². The van der Waals surface area contributed by atoms with Gasteiger partial charge in [0.1, 0.15) is 5.75 Å². The Bertz CT molecular complexity index is 388. The lowest BCUT2D eigenvalue weighted by molar-refractivity contribution is 0.102. The monoisotopic (exact) mass is 252 g/mol. The Kier molecular flexibility index (Phi) is 5.06. The van der Waals surface area contributed by atoms with E-state index in [1.165, 1.54) is 0 Å². The predicted octanol–water partition coefficient (Wildman–Crippen LogP) is 3.64. The second kappa shape index (κ2) is 6.10. The maximum Gasteiger partial charge on any atom is 0.173 e. The zero-order chi connectivity index (χ0) is 13.0. The molecule has 0 spiro atoms. The van der Waals surface area contributed by atoms with Crippen molar-refractivity contribution < 1.29 is 9.53 Å². The lowest BCUT2D eigenvalue weighted by Gasteiger charge is -2.11. The Balaban J connectivity index is 2.94. The molecule has 0 heterocycles. The summed E-state index contributed by atoms with van der Waals surface area (Å²) >= 11 is 1.68. The third kappa shape index (κ3) is 3.77. The van der Waals surface area contributed by atoms with Crippen molar-refractivity contribution in [1.29, 1.82) is 0 Å². The van der Waals surface area contributed by atoms with Crippen molar-refractivity contribution in [2.24, 2.45) is 0 Å². The molecule has 0 atom stereocenters. The van der Waals surface area contributed by atoms with E-state index in [-0.39, 0.29) is 5.78 Å². The molecule has 1 aromatic carbocycles. The Morgan fingerprint density at radius 3 is 2.24 bits per heavy atom. The van der Waals surface area contributed by atoms with Gasteiger partial charge in [0.15, 0.2) is 5.78 Å². The van der Waals surface area contributed by atoms with Crippen molar-refractivity contribution in [1.82, 2.24) is 0 Å². The first-order valence-corrected chi connectivity index (χ1v) is 6.80. The van der Waals surface area contributed by atoms with Gasteiger partial charge >= 0.3 is 0 Å². The van der Waals surface area contributed by atoms with E-state index in [4.69, 9.17) is 4.74 Å². The summed E-state index contributed by atoms with van der Waals surface area (Å²) in [4.78, 5) is 12.1. The van der Waals surface area contributed by atoms with Crippen molar-refractivity contribution in [3.63, 3.8) is 0 Å². The van der Waals surface area contributed by atoms with E-state index in [9.17, 15) is 4.79 Å². The summed E-state index contributed by atoms with van der Waals surface area (Å²) in [6.45, 7) is 8.13. The Labute approximate surface area is 108 Å². The van der Waals surface area contributed by atoms with Gasteiger partial charge in [-0.3, -0.25) is 4.79 Å². The molecule has 1 rings (SSSR count). The van der Waals surface area contributed by atoms with E-state index in [1.807, 2.05) is 26.0 Å². The third-order valence-electron chi connectivity index (χ3n) is 2.57. The number of ether oxygens (including phenoxy) is 1. The first kappa shape index (κ1) is 14.1. The highest BCUT2D eigenvalue weighted by atomic mass is 32.2. The molecule has 94 valence electrons. The Morgan fingerprint density at radius 1 is 1.29 bits per heavy atom. The Hall–Kier alpha value is -0.960. The summed E-state index contributed by atoms with van der Waals surface area (Å²) < 4.78 is 5.19. The lowest BCUT2D eigenvalue weighted by Crippen LogP contribution is -2.09. The zero-order valence-electron chi connectivity index (χ0n) is 11.2. The fraction of sp³-hybridized carbons (Fsp3) is 0.500. The average Bonchev–Trinajstić information content (AvgIpc) is 2.25. The molecule has 0 saturated heterocycles. The highest BCUT2D eigenvalue weighted by Crippen LogP contribution is 2.23. The standard InChI is InChI=1S/C14H20O2S/c1-9(2)17-8-13(15)14-10(3)6-12(16-5)7-11(14)4/h6-7,9H,8H2,1-5H3. The van der Waals surface area contributed by atoms with Gasteiger partial charge in [-0.15, -0.1) is 0 Å². The third-order valence-corrected chi connectivity index (χ3v) is 3.66. The molecule has 1 aromatic rings. The zero-order valence-corrected chi connectivity index (χ0v) is 12.0. The molecule has 3 heteroatoms. The number of rotatable bonds is 5. The molecule has 0 unspecified atom stereocenters. The lowest BCUT2D eigenvalue weighted by atomic mass is 9.99. The molecule has 0 saturated carbocycles. The van der Waals surface area contributed by atoms with Crippen LogP contribution in [0.15, 0.2) is 12.1 Å². The molecular formula is C14H20O2S. The summed E-state index contributed by atoms with van der Waals surface area (Å²) in [5, 5.41) is 0.484. The second-order valence-corrected chi connectivity index (χ2v) is 5.98. The number of ketones is 1. The number of benzene rings is 1. The smallest absolute Gasteiger partial charge is 0.173 e. The number of Topliss-reactive ketones (excluding diaryl/α,β-unsaturated/α-hetero) is 1. The van der Waals surface area contributed by atoms with Gasteiger partial charge in [-0.25, -0.2) is 0 Å². The quantitative estimate of drug-likeness (QED) is 0.748. The Morgan fingerprint density at radius 2 is 1.82 bits per heavy atom. The van der Waals surface area contributed by atoms with Gasteiger partial charge in [0.25, 0.3) is 0 Å². The minimum Gasteiger partial charge on any atom is -0.497 e. The number of methoxy groups -OCH3 is 1. The van der Waals surface area contributed by atoms with Crippen LogP contribution >= 0.6 is 11.8 Å². The van der Waals surface area contributed by atoms with Crippen LogP contribution in [0, 0.1) is 13.8 Å². The van der Waals surface area contributed by atoms with Crippen LogP contribution in [0.4, 0.5) is 0 Å². The van der Waals surface area contributed by atoms with E-state index in [2.05, 4.69) is 13.8 Å². The molecule has 0 aliphatic heterocycles. The van der Waals surface area contributed by atoms with Crippen molar-refractivity contribution in [3.8, 4) is 5.75 Å². The van der Waals surface area contributed by atoms with Gasteiger partial charge in [0.05, 0.1) is 12.9 Å². The van der Waals surface area contributed by atoms with Gasteiger partial charge in [-0.1, -0.05) is 13.8 Å². The van der Waals surface area contributed by atoms with Crippen LogP contribution in [0.25, 0.3) is 0 Å². The van der Waals surface area contributed by atoms with E-state index in [0.29, 0.717) is 11.0 Å². The normalized spacial score (nSPS) is 10.7. The largest absolute Gasteiger partial charge is 0.497 e. The highest BCUT2D eigenvalue weighted by molar-refractivity contribution is 8.00. The van der Waals surface area contributed by atoms with Gasteiger partial charge < -0.3 is 4.74 Å². The summed E-state index contributed by atoms with van der Waals surface area (Å²) in [6, 6.07) is 3.83. The van der Waals surface area contributed by atoms with Crippen LogP contribution in [-0.4, -0.2) is 23.9 Å². The SMILES string of the molecule is COc1cc(C)c(C(=O)CSC(C)C)c(C)c1. The van der Waals surface area contributed by atoms with Gasteiger partial charge in [-0.05, 0) is 42.4 Å². The highest BCUT2D eigenvalue weighted by Gasteiger charge is 2.14. The molecule has 17 heavy (non-hydrogen) atoms. The van der Waals surface area contributed by atoms with Gasteiger partial charge in [-0.2, -0.15) is 11.8 Å². The molecule has 2 nitrogen and oxygen atoms in total. The minimum atomic E-state index is 0.210. The number of carbonyl (C=O) groups excluding carboxylic acids is 1. The van der Waals surface area contributed by atoms with E-state index < -0.39 is 0 Å². The summed E-state index contributed by atoms with van der Waals surface area (Å²) in [5.74, 6) is 1.57. The topological polar surface area (TPSA) is 26.3 Å².